The summed E-state index contributed by atoms with van der Waals surface area (Å²) < 4.78 is 0. The van der Waals surface area contributed by atoms with Crippen LogP contribution in [-0.2, 0) is 0 Å². The molecule has 1 atom stereocenters. The molecule has 0 heterocycles. The van der Waals surface area contributed by atoms with Gasteiger partial charge in [-0.15, -0.1) is 6.58 Å². The predicted molar refractivity (Wildman–Crippen MR) is 80.4 cm³/mol. The molecule has 0 radical (unpaired) electrons. The quantitative estimate of drug-likeness (QED) is 0.290. The minimum atomic E-state index is 0.875. The highest BCUT2D eigenvalue weighted by molar-refractivity contribution is 4.86. The first-order valence-corrected chi connectivity index (χ1v) is 7.66. The van der Waals surface area contributed by atoms with Crippen LogP contribution in [0.4, 0.5) is 0 Å². The summed E-state index contributed by atoms with van der Waals surface area (Å²) in [6.07, 6.45) is 12.5. The molecule has 0 amide bonds. The van der Waals surface area contributed by atoms with E-state index in [0.717, 1.165) is 11.8 Å². The molecule has 0 aliphatic rings. The lowest BCUT2D eigenvalue weighted by atomic mass is 9.94. The summed E-state index contributed by atoms with van der Waals surface area (Å²) in [6, 6.07) is 0. The SMILES string of the molecule is C=C(C)CCCCCCCC(C)CCC(C)C. The van der Waals surface area contributed by atoms with Crippen molar-refractivity contribution in [3.8, 4) is 0 Å². The third-order valence-corrected chi connectivity index (χ3v) is 3.54. The van der Waals surface area contributed by atoms with E-state index in [0.29, 0.717) is 0 Å². The van der Waals surface area contributed by atoms with Crippen LogP contribution in [-0.4, -0.2) is 0 Å². The molecule has 0 rings (SSSR count). The molecule has 1 unspecified atom stereocenters. The Hall–Kier alpha value is -0.260. The second-order valence-electron chi connectivity index (χ2n) is 6.34. The van der Waals surface area contributed by atoms with Crippen molar-refractivity contribution >= 4 is 0 Å². The van der Waals surface area contributed by atoms with E-state index in [4.69, 9.17) is 0 Å². The van der Waals surface area contributed by atoms with Crippen molar-refractivity contribution in [2.75, 3.05) is 0 Å². The molecule has 0 aromatic heterocycles. The maximum atomic E-state index is 3.95. The highest BCUT2D eigenvalue weighted by atomic mass is 14.1. The van der Waals surface area contributed by atoms with Crippen LogP contribution >= 0.6 is 0 Å². The molecule has 102 valence electrons. The van der Waals surface area contributed by atoms with E-state index in [1.54, 1.807) is 0 Å². The van der Waals surface area contributed by atoms with Crippen LogP contribution in [0, 0.1) is 11.8 Å². The number of unbranched alkanes of at least 4 members (excludes halogenated alkanes) is 4. The zero-order chi connectivity index (χ0) is 13.1. The smallest absolute Gasteiger partial charge is 0.0326 e. The summed E-state index contributed by atoms with van der Waals surface area (Å²) in [5.41, 5.74) is 1.34. The fourth-order valence-corrected chi connectivity index (χ4v) is 2.21. The maximum Gasteiger partial charge on any atom is -0.0326 e. The Bertz CT molecular complexity index is 178. The number of hydrogen-bond donors (Lipinski definition) is 0. The van der Waals surface area contributed by atoms with E-state index in [2.05, 4.69) is 34.3 Å². The van der Waals surface area contributed by atoms with Crippen molar-refractivity contribution in [1.82, 2.24) is 0 Å². The Kier molecular flexibility index (Phi) is 10.7. The van der Waals surface area contributed by atoms with Gasteiger partial charge in [0.1, 0.15) is 0 Å². The lowest BCUT2D eigenvalue weighted by molar-refractivity contribution is 0.410. The third kappa shape index (κ3) is 13.7. The molecule has 0 aromatic carbocycles. The molecular weight excluding hydrogens is 204 g/mol. The third-order valence-electron chi connectivity index (χ3n) is 3.54. The summed E-state index contributed by atoms with van der Waals surface area (Å²) >= 11 is 0. The summed E-state index contributed by atoms with van der Waals surface area (Å²) in [4.78, 5) is 0. The van der Waals surface area contributed by atoms with Crippen LogP contribution in [0.3, 0.4) is 0 Å². The zero-order valence-corrected chi connectivity index (χ0v) is 12.7. The van der Waals surface area contributed by atoms with E-state index in [1.165, 1.54) is 63.4 Å². The Balaban J connectivity index is 3.19. The first-order chi connectivity index (χ1) is 8.02. The number of rotatable bonds is 11. The largest absolute Gasteiger partial charge is 0.100 e. The van der Waals surface area contributed by atoms with Crippen LogP contribution in [0.2, 0.25) is 0 Å². The lowest BCUT2D eigenvalue weighted by Gasteiger charge is -2.12. The van der Waals surface area contributed by atoms with Gasteiger partial charge in [0.05, 0.1) is 0 Å². The Morgan fingerprint density at radius 2 is 1.41 bits per heavy atom. The van der Waals surface area contributed by atoms with Gasteiger partial charge in [0.2, 0.25) is 0 Å². The van der Waals surface area contributed by atoms with E-state index in [-0.39, 0.29) is 0 Å². The highest BCUT2D eigenvalue weighted by Crippen LogP contribution is 2.18. The van der Waals surface area contributed by atoms with Crippen molar-refractivity contribution in [1.29, 1.82) is 0 Å². The highest BCUT2D eigenvalue weighted by Gasteiger charge is 2.03. The average Bonchev–Trinajstić information content (AvgIpc) is 2.24. The van der Waals surface area contributed by atoms with Gasteiger partial charge < -0.3 is 0 Å². The zero-order valence-electron chi connectivity index (χ0n) is 12.7. The number of allylic oxidation sites excluding steroid dienone is 1. The van der Waals surface area contributed by atoms with Crippen LogP contribution in [0.25, 0.3) is 0 Å². The number of hydrogen-bond acceptors (Lipinski definition) is 0. The van der Waals surface area contributed by atoms with Gasteiger partial charge in [-0.1, -0.05) is 71.3 Å². The van der Waals surface area contributed by atoms with Gasteiger partial charge in [-0.2, -0.15) is 0 Å². The van der Waals surface area contributed by atoms with E-state index in [9.17, 15) is 0 Å². The van der Waals surface area contributed by atoms with E-state index in [1.807, 2.05) is 0 Å². The fraction of sp³-hybridized carbons (Fsp3) is 0.882. The molecular formula is C17H34. The molecule has 0 nitrogen and oxygen atoms in total. The van der Waals surface area contributed by atoms with Crippen LogP contribution < -0.4 is 0 Å². The lowest BCUT2D eigenvalue weighted by Crippen LogP contribution is -1.98. The molecule has 17 heavy (non-hydrogen) atoms. The van der Waals surface area contributed by atoms with E-state index >= 15 is 0 Å². The first-order valence-electron chi connectivity index (χ1n) is 7.66. The summed E-state index contributed by atoms with van der Waals surface area (Å²) in [5.74, 6) is 1.81. The Morgan fingerprint density at radius 1 is 0.824 bits per heavy atom. The first kappa shape index (κ1) is 16.7. The molecule has 0 saturated heterocycles. The van der Waals surface area contributed by atoms with Gasteiger partial charge in [0, 0.05) is 0 Å². The van der Waals surface area contributed by atoms with Crippen molar-refractivity contribution in [2.45, 2.75) is 85.5 Å². The van der Waals surface area contributed by atoms with Crippen molar-refractivity contribution in [3.05, 3.63) is 12.2 Å². The standard InChI is InChI=1S/C17H34/c1-15(2)11-9-7-6-8-10-12-17(5)14-13-16(3)4/h16-17H,1,6-14H2,2-5H3. The second-order valence-corrected chi connectivity index (χ2v) is 6.34. The molecule has 0 N–H and O–H groups in total. The van der Waals surface area contributed by atoms with Gasteiger partial charge in [0.25, 0.3) is 0 Å². The van der Waals surface area contributed by atoms with Gasteiger partial charge >= 0.3 is 0 Å². The second kappa shape index (κ2) is 10.9. The van der Waals surface area contributed by atoms with Crippen LogP contribution in [0.1, 0.15) is 85.5 Å². The van der Waals surface area contributed by atoms with Crippen LogP contribution in [0.15, 0.2) is 12.2 Å². The molecule has 0 aliphatic carbocycles. The van der Waals surface area contributed by atoms with Crippen molar-refractivity contribution in [2.24, 2.45) is 11.8 Å². The summed E-state index contributed by atoms with van der Waals surface area (Å²) in [6.45, 7) is 13.2. The van der Waals surface area contributed by atoms with Crippen molar-refractivity contribution < 1.29 is 0 Å². The van der Waals surface area contributed by atoms with Crippen molar-refractivity contribution in [3.63, 3.8) is 0 Å². The summed E-state index contributed by atoms with van der Waals surface area (Å²) in [5, 5.41) is 0. The fourth-order valence-electron chi connectivity index (χ4n) is 2.21. The molecule has 0 aliphatic heterocycles. The normalized spacial score (nSPS) is 13.0. The van der Waals surface area contributed by atoms with E-state index < -0.39 is 0 Å². The molecule has 0 bridgehead atoms. The summed E-state index contributed by atoms with van der Waals surface area (Å²) in [7, 11) is 0. The maximum absolute atomic E-state index is 3.95. The molecule has 0 heteroatoms. The molecule has 0 fully saturated rings. The molecule has 0 aromatic rings. The average molecular weight is 238 g/mol. The van der Waals surface area contributed by atoms with Crippen LogP contribution in [0.5, 0.6) is 0 Å². The van der Waals surface area contributed by atoms with Gasteiger partial charge in [0.15, 0.2) is 0 Å². The predicted octanol–water partition coefficient (Wildman–Crippen LogP) is 6.37. The Labute approximate surface area is 110 Å². The minimum absolute atomic E-state index is 0.875. The topological polar surface area (TPSA) is 0 Å². The van der Waals surface area contributed by atoms with Gasteiger partial charge in [-0.3, -0.25) is 0 Å². The monoisotopic (exact) mass is 238 g/mol. The molecule has 0 spiro atoms. The van der Waals surface area contributed by atoms with Gasteiger partial charge in [-0.05, 0) is 31.6 Å². The Morgan fingerprint density at radius 3 is 2.00 bits per heavy atom. The molecule has 0 saturated carbocycles. The van der Waals surface area contributed by atoms with Gasteiger partial charge in [-0.25, -0.2) is 0 Å². The minimum Gasteiger partial charge on any atom is -0.100 e.